The molecule has 0 spiro atoms. The summed E-state index contributed by atoms with van der Waals surface area (Å²) in [5.74, 6) is 0.929. The van der Waals surface area contributed by atoms with E-state index in [1.165, 1.54) is 0 Å². The fraction of sp³-hybridized carbons (Fsp3) is 0.300. The number of halogens is 1. The van der Waals surface area contributed by atoms with Crippen molar-refractivity contribution in [2.45, 2.75) is 12.7 Å². The molecule has 4 heteroatoms. The molecule has 2 nitrogen and oxygen atoms in total. The normalized spacial score (nSPS) is 10.1. The van der Waals surface area contributed by atoms with Crippen LogP contribution < -0.4 is 0 Å². The highest BCUT2D eigenvalue weighted by atomic mass is 35.5. The smallest absolute Gasteiger partial charge is 0.337 e. The Balaban J connectivity index is 2.83. The van der Waals surface area contributed by atoms with Gasteiger partial charge >= 0.3 is 5.97 Å². The maximum atomic E-state index is 10.7. The van der Waals surface area contributed by atoms with E-state index in [2.05, 4.69) is 6.92 Å². The molecule has 0 fully saturated rings. The first-order valence-corrected chi connectivity index (χ1v) is 5.78. The number of hydrogen-bond donors (Lipinski definition) is 1. The molecule has 0 aliphatic carbocycles. The number of carbonyl (C=O) groups is 1. The summed E-state index contributed by atoms with van der Waals surface area (Å²) in [6.07, 6.45) is 0. The van der Waals surface area contributed by atoms with Gasteiger partial charge in [-0.05, 0) is 23.4 Å². The molecule has 1 N–H and O–H groups in total. The first-order chi connectivity index (χ1) is 6.65. The monoisotopic (exact) mass is 230 g/mol. The van der Waals surface area contributed by atoms with Gasteiger partial charge in [-0.3, -0.25) is 0 Å². The van der Waals surface area contributed by atoms with Gasteiger partial charge in [-0.25, -0.2) is 4.79 Å². The van der Waals surface area contributed by atoms with Gasteiger partial charge in [-0.2, -0.15) is 11.8 Å². The van der Waals surface area contributed by atoms with Gasteiger partial charge in [0.1, 0.15) is 0 Å². The van der Waals surface area contributed by atoms with E-state index in [1.807, 2.05) is 0 Å². The zero-order valence-electron chi connectivity index (χ0n) is 7.79. The van der Waals surface area contributed by atoms with Crippen LogP contribution in [0.1, 0.15) is 22.8 Å². The molecule has 76 valence electrons. The van der Waals surface area contributed by atoms with E-state index in [1.54, 1.807) is 30.0 Å². The second-order valence-corrected chi connectivity index (χ2v) is 4.44. The third kappa shape index (κ3) is 2.93. The molecule has 1 aromatic rings. The number of thioether (sulfide) groups is 1. The molecule has 0 radical (unpaired) electrons. The predicted octanol–water partition coefficient (Wildman–Crippen LogP) is 3.29. The number of carboxylic acids is 1. The van der Waals surface area contributed by atoms with Crippen LogP contribution in [0.15, 0.2) is 18.2 Å². The van der Waals surface area contributed by atoms with Crippen LogP contribution >= 0.6 is 23.4 Å². The van der Waals surface area contributed by atoms with Crippen molar-refractivity contribution in [3.05, 3.63) is 34.3 Å². The summed E-state index contributed by atoms with van der Waals surface area (Å²) in [7, 11) is 0. The zero-order valence-corrected chi connectivity index (χ0v) is 9.36. The third-order valence-electron chi connectivity index (χ3n) is 1.74. The molecule has 0 saturated heterocycles. The molecular weight excluding hydrogens is 220 g/mol. The van der Waals surface area contributed by atoms with Gasteiger partial charge in [0, 0.05) is 5.75 Å². The summed E-state index contributed by atoms with van der Waals surface area (Å²) in [4.78, 5) is 10.7. The molecule has 0 saturated carbocycles. The third-order valence-corrected chi connectivity index (χ3v) is 3.00. The number of carboxylic acid groups (broad SMARTS) is 1. The van der Waals surface area contributed by atoms with Gasteiger partial charge in [0.25, 0.3) is 0 Å². The topological polar surface area (TPSA) is 37.3 Å². The first-order valence-electron chi connectivity index (χ1n) is 4.24. The van der Waals surface area contributed by atoms with Crippen molar-refractivity contribution >= 4 is 29.3 Å². The lowest BCUT2D eigenvalue weighted by molar-refractivity contribution is 0.0697. The average Bonchev–Trinajstić information content (AvgIpc) is 2.14. The molecule has 0 aromatic heterocycles. The lowest BCUT2D eigenvalue weighted by atomic mass is 10.1. The molecule has 1 aromatic carbocycles. The van der Waals surface area contributed by atoms with Crippen molar-refractivity contribution in [1.29, 1.82) is 0 Å². The summed E-state index contributed by atoms with van der Waals surface area (Å²) in [6, 6.07) is 5.07. The lowest BCUT2D eigenvalue weighted by Gasteiger charge is -2.02. The van der Waals surface area contributed by atoms with Crippen LogP contribution in [0.4, 0.5) is 0 Å². The molecule has 0 unspecified atom stereocenters. The minimum atomic E-state index is -0.982. The van der Waals surface area contributed by atoms with E-state index in [0.29, 0.717) is 5.02 Å². The quantitative estimate of drug-likeness (QED) is 0.863. The largest absolute Gasteiger partial charge is 0.478 e. The number of benzene rings is 1. The van der Waals surface area contributed by atoms with Gasteiger partial charge in [-0.1, -0.05) is 24.6 Å². The second-order valence-electron chi connectivity index (χ2n) is 2.76. The van der Waals surface area contributed by atoms with Gasteiger partial charge in [0.15, 0.2) is 0 Å². The minimum absolute atomic E-state index is 0.164. The summed E-state index contributed by atoms with van der Waals surface area (Å²) in [5.41, 5.74) is 1.23. The van der Waals surface area contributed by atoms with Crippen LogP contribution in [0.2, 0.25) is 5.02 Å². The van der Waals surface area contributed by atoms with Crippen molar-refractivity contribution in [3.8, 4) is 0 Å². The summed E-state index contributed by atoms with van der Waals surface area (Å²) < 4.78 is 0. The SMILES string of the molecule is CCSCc1ccc(C(=O)O)c(Cl)c1. The van der Waals surface area contributed by atoms with E-state index >= 15 is 0 Å². The van der Waals surface area contributed by atoms with Crippen molar-refractivity contribution in [2.75, 3.05) is 5.75 Å². The Morgan fingerprint density at radius 2 is 2.29 bits per heavy atom. The molecule has 1 rings (SSSR count). The Hall–Kier alpha value is -0.670. The zero-order chi connectivity index (χ0) is 10.6. The molecule has 0 atom stereocenters. The van der Waals surface area contributed by atoms with Crippen molar-refractivity contribution in [3.63, 3.8) is 0 Å². The van der Waals surface area contributed by atoms with Crippen molar-refractivity contribution < 1.29 is 9.90 Å². The average molecular weight is 231 g/mol. The summed E-state index contributed by atoms with van der Waals surface area (Å²) >= 11 is 7.59. The van der Waals surface area contributed by atoms with Crippen molar-refractivity contribution in [1.82, 2.24) is 0 Å². The molecule has 14 heavy (non-hydrogen) atoms. The predicted molar refractivity (Wildman–Crippen MR) is 60.2 cm³/mol. The minimum Gasteiger partial charge on any atom is -0.478 e. The Morgan fingerprint density at radius 3 is 2.79 bits per heavy atom. The Labute approximate surface area is 92.3 Å². The van der Waals surface area contributed by atoms with Crippen LogP contribution in [-0.2, 0) is 5.75 Å². The Morgan fingerprint density at radius 1 is 1.57 bits per heavy atom. The van der Waals surface area contributed by atoms with Crippen LogP contribution in [0, 0.1) is 0 Å². The van der Waals surface area contributed by atoms with E-state index in [9.17, 15) is 4.79 Å². The fourth-order valence-electron chi connectivity index (χ4n) is 1.04. The van der Waals surface area contributed by atoms with Crippen molar-refractivity contribution in [2.24, 2.45) is 0 Å². The maximum absolute atomic E-state index is 10.7. The lowest BCUT2D eigenvalue weighted by Crippen LogP contribution is -1.97. The van der Waals surface area contributed by atoms with E-state index < -0.39 is 5.97 Å². The molecule has 0 bridgehead atoms. The Kier molecular flexibility index (Phi) is 4.29. The summed E-state index contributed by atoms with van der Waals surface area (Å²) in [6.45, 7) is 2.08. The fourth-order valence-corrected chi connectivity index (χ4v) is 1.95. The molecule has 0 aliphatic heterocycles. The highest BCUT2D eigenvalue weighted by molar-refractivity contribution is 7.98. The summed E-state index contributed by atoms with van der Waals surface area (Å²) in [5, 5.41) is 9.05. The highest BCUT2D eigenvalue weighted by Crippen LogP contribution is 2.20. The van der Waals surface area contributed by atoms with Gasteiger partial charge in [-0.15, -0.1) is 0 Å². The van der Waals surface area contributed by atoms with E-state index in [0.717, 1.165) is 17.1 Å². The van der Waals surface area contributed by atoms with Gasteiger partial charge in [0.2, 0.25) is 0 Å². The van der Waals surface area contributed by atoms with Gasteiger partial charge in [0.05, 0.1) is 10.6 Å². The first kappa shape index (κ1) is 11.4. The van der Waals surface area contributed by atoms with Crippen LogP contribution in [-0.4, -0.2) is 16.8 Å². The number of hydrogen-bond acceptors (Lipinski definition) is 2. The van der Waals surface area contributed by atoms with Crippen LogP contribution in [0.5, 0.6) is 0 Å². The number of rotatable bonds is 4. The second kappa shape index (κ2) is 5.27. The van der Waals surface area contributed by atoms with Crippen LogP contribution in [0.3, 0.4) is 0 Å². The molecule has 0 heterocycles. The van der Waals surface area contributed by atoms with Gasteiger partial charge < -0.3 is 5.11 Å². The highest BCUT2D eigenvalue weighted by Gasteiger charge is 2.08. The van der Waals surface area contributed by atoms with E-state index in [-0.39, 0.29) is 5.56 Å². The number of aromatic carboxylic acids is 1. The maximum Gasteiger partial charge on any atom is 0.337 e. The molecular formula is C10H11ClO2S. The Bertz CT molecular complexity index is 339. The standard InChI is InChI=1S/C10H11ClO2S/c1-2-14-6-7-3-4-8(10(12)13)9(11)5-7/h3-5H,2,6H2,1H3,(H,12,13). The molecule has 0 aliphatic rings. The van der Waals surface area contributed by atoms with E-state index in [4.69, 9.17) is 16.7 Å². The van der Waals surface area contributed by atoms with Crippen LogP contribution in [0.25, 0.3) is 0 Å². The molecule has 0 amide bonds.